The summed E-state index contributed by atoms with van der Waals surface area (Å²) in [6.45, 7) is 1.89. The molecule has 0 aliphatic heterocycles. The van der Waals surface area contributed by atoms with E-state index in [1.165, 1.54) is 0 Å². The molecule has 0 atom stereocenters. The van der Waals surface area contributed by atoms with Crippen LogP contribution in [0.5, 0.6) is 0 Å². The molecule has 3 heteroatoms. The monoisotopic (exact) mass is 169 g/mol. The molecule has 62 valence electrons. The van der Waals surface area contributed by atoms with Crippen LogP contribution in [0.1, 0.15) is 21.5 Å². The summed E-state index contributed by atoms with van der Waals surface area (Å²) in [7, 11) is 4.98. The third-order valence-corrected chi connectivity index (χ3v) is 1.79. The van der Waals surface area contributed by atoms with Crippen LogP contribution in [0.4, 0.5) is 0 Å². The maximum atomic E-state index is 11.1. The summed E-state index contributed by atoms with van der Waals surface area (Å²) in [6.07, 6.45) is 5.25. The Labute approximate surface area is 78.8 Å². The smallest absolute Gasteiger partial charge is 0.238 e. The summed E-state index contributed by atoms with van der Waals surface area (Å²) in [5.74, 6) is 2.16. The number of carbonyl (C=O) groups is 1. The second-order valence-electron chi connectivity index (χ2n) is 2.65. The van der Waals surface area contributed by atoms with Gasteiger partial charge in [0.2, 0.25) is 13.9 Å². The molecule has 0 saturated carbocycles. The molecule has 0 unspecified atom stereocenters. The highest BCUT2D eigenvalue weighted by Gasteiger charge is 2.03. The Hall–Kier alpha value is -1.69. The first-order chi connectivity index (χ1) is 6.19. The van der Waals surface area contributed by atoms with E-state index >= 15 is 0 Å². The number of carbonyl (C=O) groups excluding carboxylic acids is 1. The van der Waals surface area contributed by atoms with Crippen molar-refractivity contribution >= 4 is 13.9 Å². The van der Waals surface area contributed by atoms with Crippen molar-refractivity contribution in [1.82, 2.24) is 5.23 Å². The molecule has 0 fully saturated rings. The number of nitrogens with one attached hydrogen (secondary N) is 1. The van der Waals surface area contributed by atoms with Crippen molar-refractivity contribution in [2.24, 2.45) is 0 Å². The summed E-state index contributed by atoms with van der Waals surface area (Å²) in [6, 6.07) is 5.11. The van der Waals surface area contributed by atoms with Crippen LogP contribution in [0, 0.1) is 19.3 Å². The van der Waals surface area contributed by atoms with Crippen molar-refractivity contribution in [3.8, 4) is 12.3 Å². The number of terminal acetylenes is 1. The molecular formula is C10H8BNO. The minimum atomic E-state index is -0.337. The van der Waals surface area contributed by atoms with Crippen LogP contribution in [-0.2, 0) is 0 Å². The standard InChI is InChI=1S/C10H8BNO/c1-3-8-6-9(10(13)12-11)5-4-7(8)2/h1,4-6H,2H3,(H,12,13). The van der Waals surface area contributed by atoms with Crippen molar-refractivity contribution in [3.63, 3.8) is 0 Å². The second-order valence-corrected chi connectivity index (χ2v) is 2.65. The lowest BCUT2D eigenvalue weighted by Gasteiger charge is -2.02. The Morgan fingerprint density at radius 2 is 2.31 bits per heavy atom. The van der Waals surface area contributed by atoms with Crippen LogP contribution >= 0.6 is 0 Å². The zero-order chi connectivity index (χ0) is 9.84. The lowest BCUT2D eigenvalue weighted by Crippen LogP contribution is -2.19. The average molecular weight is 169 g/mol. The first kappa shape index (κ1) is 9.40. The average Bonchev–Trinajstić information content (AvgIpc) is 2.17. The summed E-state index contributed by atoms with van der Waals surface area (Å²) in [5, 5.41) is 2.04. The summed E-state index contributed by atoms with van der Waals surface area (Å²) >= 11 is 0. The molecule has 2 radical (unpaired) electrons. The third kappa shape index (κ3) is 1.91. The molecule has 1 rings (SSSR count). The summed E-state index contributed by atoms with van der Waals surface area (Å²) in [5.41, 5.74) is 2.15. The lowest BCUT2D eigenvalue weighted by molar-refractivity contribution is 0.0981. The van der Waals surface area contributed by atoms with Crippen LogP contribution < -0.4 is 5.23 Å². The predicted molar refractivity (Wildman–Crippen MR) is 52.3 cm³/mol. The highest BCUT2D eigenvalue weighted by Crippen LogP contribution is 2.09. The molecule has 0 aliphatic carbocycles. The van der Waals surface area contributed by atoms with E-state index in [2.05, 4.69) is 5.92 Å². The van der Waals surface area contributed by atoms with Crippen molar-refractivity contribution < 1.29 is 4.79 Å². The van der Waals surface area contributed by atoms with E-state index < -0.39 is 0 Å². The van der Waals surface area contributed by atoms with Crippen LogP contribution in [0.15, 0.2) is 18.2 Å². The molecule has 0 aromatic heterocycles. The van der Waals surface area contributed by atoms with Gasteiger partial charge in [0.1, 0.15) is 0 Å². The fourth-order valence-corrected chi connectivity index (χ4v) is 1.00. The Morgan fingerprint density at radius 1 is 1.62 bits per heavy atom. The van der Waals surface area contributed by atoms with E-state index in [1.54, 1.807) is 18.2 Å². The van der Waals surface area contributed by atoms with Gasteiger partial charge >= 0.3 is 0 Å². The molecule has 1 amide bonds. The van der Waals surface area contributed by atoms with E-state index in [-0.39, 0.29) is 5.91 Å². The highest BCUT2D eigenvalue weighted by atomic mass is 16.1. The molecule has 1 aromatic carbocycles. The van der Waals surface area contributed by atoms with E-state index in [0.717, 1.165) is 5.56 Å². The van der Waals surface area contributed by atoms with Gasteiger partial charge < -0.3 is 5.23 Å². The molecule has 2 nitrogen and oxygen atoms in total. The topological polar surface area (TPSA) is 29.1 Å². The van der Waals surface area contributed by atoms with Crippen molar-refractivity contribution in [2.45, 2.75) is 6.92 Å². The maximum absolute atomic E-state index is 11.1. The lowest BCUT2D eigenvalue weighted by atomic mass is 10.0. The Morgan fingerprint density at radius 3 is 2.85 bits per heavy atom. The molecule has 1 aromatic rings. The number of rotatable bonds is 1. The highest BCUT2D eigenvalue weighted by molar-refractivity contribution is 6.18. The van der Waals surface area contributed by atoms with Crippen LogP contribution in [-0.4, -0.2) is 13.9 Å². The van der Waals surface area contributed by atoms with Crippen molar-refractivity contribution in [3.05, 3.63) is 34.9 Å². The predicted octanol–water partition coefficient (Wildman–Crippen LogP) is 0.790. The zero-order valence-electron chi connectivity index (χ0n) is 7.29. The third-order valence-electron chi connectivity index (χ3n) is 1.79. The van der Waals surface area contributed by atoms with Gasteiger partial charge in [0.05, 0.1) is 0 Å². The quantitative estimate of drug-likeness (QED) is 0.488. The minimum Gasteiger partial charge on any atom is -0.405 e. The van der Waals surface area contributed by atoms with E-state index in [1.807, 2.05) is 12.2 Å². The number of amides is 1. The summed E-state index contributed by atoms with van der Waals surface area (Å²) < 4.78 is 0. The van der Waals surface area contributed by atoms with Crippen LogP contribution in [0.25, 0.3) is 0 Å². The van der Waals surface area contributed by atoms with Gasteiger partial charge in [-0.1, -0.05) is 12.0 Å². The Balaban J connectivity index is 3.15. The number of hydrogen-bond donors (Lipinski definition) is 1. The van der Waals surface area contributed by atoms with Crippen molar-refractivity contribution in [1.29, 1.82) is 0 Å². The second kappa shape index (κ2) is 3.82. The van der Waals surface area contributed by atoms with Gasteiger partial charge in [-0.25, -0.2) is 0 Å². The van der Waals surface area contributed by atoms with E-state index in [0.29, 0.717) is 11.1 Å². The van der Waals surface area contributed by atoms with E-state index in [9.17, 15) is 4.79 Å². The molecule has 1 N–H and O–H groups in total. The van der Waals surface area contributed by atoms with Crippen molar-refractivity contribution in [2.75, 3.05) is 0 Å². The van der Waals surface area contributed by atoms with E-state index in [4.69, 9.17) is 14.4 Å². The van der Waals surface area contributed by atoms with Gasteiger partial charge in [-0.2, -0.15) is 0 Å². The number of benzene rings is 1. The maximum Gasteiger partial charge on any atom is 0.238 e. The summed E-state index contributed by atoms with van der Waals surface area (Å²) in [4.78, 5) is 11.1. The molecule has 0 heterocycles. The van der Waals surface area contributed by atoms with Crippen LogP contribution in [0.2, 0.25) is 0 Å². The number of aryl methyl sites for hydroxylation is 1. The van der Waals surface area contributed by atoms with Gasteiger partial charge in [-0.3, -0.25) is 4.79 Å². The molecule has 0 saturated heterocycles. The van der Waals surface area contributed by atoms with Gasteiger partial charge in [0, 0.05) is 11.1 Å². The first-order valence-electron chi connectivity index (χ1n) is 3.77. The largest absolute Gasteiger partial charge is 0.405 e. The SMILES string of the molecule is [B]NC(=O)c1ccc(C)c(C#C)c1. The Bertz CT molecular complexity index is 379. The molecule has 0 aliphatic rings. The molecular weight excluding hydrogens is 161 g/mol. The first-order valence-corrected chi connectivity index (χ1v) is 3.77. The normalized spacial score (nSPS) is 8.92. The fraction of sp³-hybridized carbons (Fsp3) is 0.100. The minimum absolute atomic E-state index is 0.337. The van der Waals surface area contributed by atoms with Gasteiger partial charge in [-0.05, 0) is 24.6 Å². The fourth-order valence-electron chi connectivity index (χ4n) is 1.00. The van der Waals surface area contributed by atoms with Gasteiger partial charge in [0.25, 0.3) is 0 Å². The van der Waals surface area contributed by atoms with Crippen LogP contribution in [0.3, 0.4) is 0 Å². The molecule has 13 heavy (non-hydrogen) atoms. The van der Waals surface area contributed by atoms with Gasteiger partial charge in [-0.15, -0.1) is 6.42 Å². The molecule has 0 bridgehead atoms. The number of hydrogen-bond acceptors (Lipinski definition) is 1. The van der Waals surface area contributed by atoms with Gasteiger partial charge in [0.15, 0.2) is 0 Å². The Kier molecular flexibility index (Phi) is 2.76. The zero-order valence-corrected chi connectivity index (χ0v) is 7.29. The molecule has 0 spiro atoms.